The summed E-state index contributed by atoms with van der Waals surface area (Å²) in [5, 5.41) is 13.7. The first-order chi connectivity index (χ1) is 12.8. The van der Waals surface area contributed by atoms with Gasteiger partial charge in [0.25, 0.3) is 5.91 Å². The number of rotatable bonds is 7. The Labute approximate surface area is 163 Å². The number of nitrogens with one attached hydrogen (secondary N) is 1. The van der Waals surface area contributed by atoms with E-state index in [2.05, 4.69) is 5.32 Å². The normalized spacial score (nSPS) is 13.9. The lowest BCUT2D eigenvalue weighted by molar-refractivity contribution is -0.134. The molecule has 0 bridgehead atoms. The Hall–Kier alpha value is -2.44. The van der Waals surface area contributed by atoms with E-state index in [9.17, 15) is 9.90 Å². The second-order valence-corrected chi connectivity index (χ2v) is 7.18. The average Bonchev–Trinajstić information content (AvgIpc) is 3.11. The third-order valence-electron chi connectivity index (χ3n) is 4.22. The molecule has 0 saturated carbocycles. The number of amides is 1. The van der Waals surface area contributed by atoms with Crippen molar-refractivity contribution in [2.24, 2.45) is 0 Å². The predicted molar refractivity (Wildman–Crippen MR) is 101 cm³/mol. The molecule has 0 aromatic heterocycles. The summed E-state index contributed by atoms with van der Waals surface area (Å²) in [4.78, 5) is 12.4. The van der Waals surface area contributed by atoms with Crippen molar-refractivity contribution in [1.29, 1.82) is 0 Å². The molecule has 2 N–H and O–H groups in total. The number of hydrogen-bond acceptors (Lipinski definition) is 5. The smallest absolute Gasteiger partial charge is 0.263 e. The highest BCUT2D eigenvalue weighted by Gasteiger charge is 2.29. The number of carbonyl (C=O) groups excluding carboxylic acids is 1. The van der Waals surface area contributed by atoms with Gasteiger partial charge in [0.05, 0.1) is 6.10 Å². The zero-order valence-electron chi connectivity index (χ0n) is 15.2. The molecule has 6 nitrogen and oxygen atoms in total. The number of fused-ring (bicyclic) bond motifs is 1. The standard InChI is InChI=1S/C20H22ClNO5/c1-20(2,27-15-6-4-14(21)5-7-15)19(24)22-10-9-16(23)13-3-8-17-18(11-13)26-12-25-17/h3-8,11,16,23H,9-10,12H2,1-2H3,(H,22,24)/t16-/m1/s1. The van der Waals surface area contributed by atoms with Crippen molar-refractivity contribution in [2.75, 3.05) is 13.3 Å². The number of carbonyl (C=O) groups is 1. The number of ether oxygens (including phenoxy) is 3. The van der Waals surface area contributed by atoms with Gasteiger partial charge >= 0.3 is 0 Å². The molecule has 2 aromatic carbocycles. The third-order valence-corrected chi connectivity index (χ3v) is 4.47. The van der Waals surface area contributed by atoms with Crippen LogP contribution in [0.3, 0.4) is 0 Å². The Bertz CT molecular complexity index is 807. The monoisotopic (exact) mass is 391 g/mol. The highest BCUT2D eigenvalue weighted by atomic mass is 35.5. The molecule has 0 unspecified atom stereocenters. The van der Waals surface area contributed by atoms with Crippen LogP contribution in [0.25, 0.3) is 0 Å². The lowest BCUT2D eigenvalue weighted by Crippen LogP contribution is -2.47. The van der Waals surface area contributed by atoms with Crippen LogP contribution in [0.2, 0.25) is 5.02 Å². The Morgan fingerprint density at radius 2 is 1.93 bits per heavy atom. The fourth-order valence-corrected chi connectivity index (χ4v) is 2.79. The fraction of sp³-hybridized carbons (Fsp3) is 0.350. The summed E-state index contributed by atoms with van der Waals surface area (Å²) < 4.78 is 16.3. The fourth-order valence-electron chi connectivity index (χ4n) is 2.67. The van der Waals surface area contributed by atoms with E-state index in [1.54, 1.807) is 56.3 Å². The molecule has 1 aliphatic rings. The van der Waals surface area contributed by atoms with Crippen LogP contribution in [-0.4, -0.2) is 30.0 Å². The van der Waals surface area contributed by atoms with Gasteiger partial charge in [-0.1, -0.05) is 17.7 Å². The lowest BCUT2D eigenvalue weighted by Gasteiger charge is -2.25. The van der Waals surface area contributed by atoms with Crippen molar-refractivity contribution in [3.63, 3.8) is 0 Å². The van der Waals surface area contributed by atoms with Crippen molar-refractivity contribution in [1.82, 2.24) is 5.32 Å². The van der Waals surface area contributed by atoms with Gasteiger partial charge in [-0.3, -0.25) is 4.79 Å². The second kappa shape index (κ2) is 8.06. The lowest BCUT2D eigenvalue weighted by atomic mass is 10.1. The van der Waals surface area contributed by atoms with E-state index in [-0.39, 0.29) is 12.7 Å². The van der Waals surface area contributed by atoms with Crippen molar-refractivity contribution >= 4 is 17.5 Å². The molecule has 0 radical (unpaired) electrons. The molecule has 0 fully saturated rings. The van der Waals surface area contributed by atoms with Crippen LogP contribution in [-0.2, 0) is 4.79 Å². The number of hydrogen-bond donors (Lipinski definition) is 2. The average molecular weight is 392 g/mol. The van der Waals surface area contributed by atoms with Crippen LogP contribution in [0.5, 0.6) is 17.2 Å². The van der Waals surface area contributed by atoms with E-state index in [0.29, 0.717) is 40.8 Å². The Morgan fingerprint density at radius 3 is 2.67 bits per heavy atom. The topological polar surface area (TPSA) is 77.0 Å². The van der Waals surface area contributed by atoms with Crippen LogP contribution < -0.4 is 19.5 Å². The Kier molecular flexibility index (Phi) is 5.77. The molecule has 3 rings (SSSR count). The molecular formula is C20H22ClNO5. The minimum Gasteiger partial charge on any atom is -0.478 e. The molecule has 1 heterocycles. The van der Waals surface area contributed by atoms with Crippen LogP contribution >= 0.6 is 11.6 Å². The van der Waals surface area contributed by atoms with Gasteiger partial charge < -0.3 is 24.6 Å². The van der Waals surface area contributed by atoms with Crippen LogP contribution in [0.4, 0.5) is 0 Å². The zero-order chi connectivity index (χ0) is 19.4. The van der Waals surface area contributed by atoms with Gasteiger partial charge in [0.15, 0.2) is 17.1 Å². The minimum absolute atomic E-state index is 0.188. The highest BCUT2D eigenvalue weighted by Crippen LogP contribution is 2.34. The van der Waals surface area contributed by atoms with Crippen LogP contribution in [0, 0.1) is 0 Å². The van der Waals surface area contributed by atoms with Gasteiger partial charge in [-0.25, -0.2) is 0 Å². The summed E-state index contributed by atoms with van der Waals surface area (Å²) in [6, 6.07) is 12.1. The van der Waals surface area contributed by atoms with Gasteiger partial charge in [-0.2, -0.15) is 0 Å². The summed E-state index contributed by atoms with van der Waals surface area (Å²) in [6.45, 7) is 3.87. The first kappa shape index (κ1) is 19.3. The summed E-state index contributed by atoms with van der Waals surface area (Å²) in [7, 11) is 0. The zero-order valence-corrected chi connectivity index (χ0v) is 16.0. The highest BCUT2D eigenvalue weighted by molar-refractivity contribution is 6.30. The molecule has 0 aliphatic carbocycles. The summed E-state index contributed by atoms with van der Waals surface area (Å²) in [5.74, 6) is 1.57. The van der Waals surface area contributed by atoms with E-state index in [1.165, 1.54) is 0 Å². The van der Waals surface area contributed by atoms with E-state index >= 15 is 0 Å². The van der Waals surface area contributed by atoms with E-state index in [4.69, 9.17) is 25.8 Å². The minimum atomic E-state index is -1.06. The molecule has 7 heteroatoms. The Balaban J connectivity index is 1.50. The number of benzene rings is 2. The molecule has 0 spiro atoms. The molecule has 2 aromatic rings. The second-order valence-electron chi connectivity index (χ2n) is 6.74. The quantitative estimate of drug-likeness (QED) is 0.755. The predicted octanol–water partition coefficient (Wildman–Crippen LogP) is 3.47. The van der Waals surface area contributed by atoms with Crippen molar-refractivity contribution in [2.45, 2.75) is 32.0 Å². The summed E-state index contributed by atoms with van der Waals surface area (Å²) in [5.41, 5.74) is -0.345. The third kappa shape index (κ3) is 4.84. The van der Waals surface area contributed by atoms with E-state index in [1.807, 2.05) is 0 Å². The SMILES string of the molecule is CC(C)(Oc1ccc(Cl)cc1)C(=O)NCC[C@@H](O)c1ccc2c(c1)OCO2. The van der Waals surface area contributed by atoms with Gasteiger partial charge in [-0.15, -0.1) is 0 Å². The van der Waals surface area contributed by atoms with E-state index in [0.717, 1.165) is 0 Å². The number of aliphatic hydroxyl groups excluding tert-OH is 1. The summed E-state index contributed by atoms with van der Waals surface area (Å²) in [6.07, 6.45) is -0.359. The number of halogens is 1. The molecule has 1 atom stereocenters. The first-order valence-electron chi connectivity index (χ1n) is 8.66. The summed E-state index contributed by atoms with van der Waals surface area (Å²) >= 11 is 5.85. The molecule has 0 saturated heterocycles. The maximum atomic E-state index is 12.4. The maximum Gasteiger partial charge on any atom is 0.263 e. The molecule has 1 aliphatic heterocycles. The van der Waals surface area contributed by atoms with Crippen molar-refractivity contribution in [3.05, 3.63) is 53.1 Å². The van der Waals surface area contributed by atoms with Gasteiger partial charge in [0, 0.05) is 11.6 Å². The van der Waals surface area contributed by atoms with Crippen molar-refractivity contribution < 1.29 is 24.1 Å². The Morgan fingerprint density at radius 1 is 1.22 bits per heavy atom. The molecule has 144 valence electrons. The van der Waals surface area contributed by atoms with Gasteiger partial charge in [-0.05, 0) is 62.2 Å². The molecular weight excluding hydrogens is 370 g/mol. The van der Waals surface area contributed by atoms with Crippen LogP contribution in [0.1, 0.15) is 31.9 Å². The van der Waals surface area contributed by atoms with E-state index < -0.39 is 11.7 Å². The van der Waals surface area contributed by atoms with Crippen molar-refractivity contribution in [3.8, 4) is 17.2 Å². The molecule has 1 amide bonds. The largest absolute Gasteiger partial charge is 0.478 e. The maximum absolute atomic E-state index is 12.4. The van der Waals surface area contributed by atoms with Gasteiger partial charge in [0.1, 0.15) is 5.75 Å². The number of aliphatic hydroxyl groups is 1. The molecule has 27 heavy (non-hydrogen) atoms. The van der Waals surface area contributed by atoms with Crippen LogP contribution in [0.15, 0.2) is 42.5 Å². The first-order valence-corrected chi connectivity index (χ1v) is 9.03. The van der Waals surface area contributed by atoms with Gasteiger partial charge in [0.2, 0.25) is 6.79 Å².